The van der Waals surface area contributed by atoms with Crippen LogP contribution in [-0.4, -0.2) is 146 Å². The molecule has 2 aromatic rings. The fourth-order valence-corrected chi connectivity index (χ4v) is 11.6. The molecule has 0 saturated heterocycles. The van der Waals surface area contributed by atoms with E-state index in [4.69, 9.17) is 55.8 Å². The van der Waals surface area contributed by atoms with E-state index in [2.05, 4.69) is 5.32 Å². The quantitative estimate of drug-likeness (QED) is 0.0195. The Labute approximate surface area is 473 Å². The van der Waals surface area contributed by atoms with E-state index in [0.717, 1.165) is 50.0 Å². The van der Waals surface area contributed by atoms with Crippen molar-refractivity contribution < 1.29 is 104 Å². The number of nitrogens with one attached hydrogen (secondary N) is 1. The van der Waals surface area contributed by atoms with Gasteiger partial charge in [-0.1, -0.05) is 65.5 Å². The molecule has 24 nitrogen and oxygen atoms in total. The fourth-order valence-electron chi connectivity index (χ4n) is 7.49. The van der Waals surface area contributed by atoms with Gasteiger partial charge >= 0.3 is 14.2 Å². The number of unbranched alkanes of at least 4 members (excludes halogenated alkanes) is 6. The third-order valence-corrected chi connectivity index (χ3v) is 16.3. The van der Waals surface area contributed by atoms with Crippen molar-refractivity contribution in [1.82, 2.24) is 5.32 Å². The summed E-state index contributed by atoms with van der Waals surface area (Å²) in [7, 11) is -8.75. The number of hydrogen-bond acceptors (Lipinski definition) is 24. The molecule has 448 valence electrons. The molecule has 4 atom stereocenters. The predicted octanol–water partition coefficient (Wildman–Crippen LogP) is 6.08. The molecule has 0 fully saturated rings. The lowest BCUT2D eigenvalue weighted by atomic mass is 9.90. The highest BCUT2D eigenvalue weighted by Crippen LogP contribution is 2.43. The summed E-state index contributed by atoms with van der Waals surface area (Å²) in [6, 6.07) is 12.2. The number of carbonyl (C=O) groups excluding carboxylic acids is 1. The van der Waals surface area contributed by atoms with Gasteiger partial charge in [0, 0.05) is 58.7 Å². The molecule has 2 aliphatic rings. The van der Waals surface area contributed by atoms with Gasteiger partial charge in [0.1, 0.15) is 18.0 Å². The molecule has 1 aliphatic carbocycles. The first-order chi connectivity index (χ1) is 38.6. The molecule has 0 bridgehead atoms. The number of phosphoric ester groups is 2. The number of carbonyl (C=O) groups is 2. The molecule has 4 unspecified atom stereocenters. The van der Waals surface area contributed by atoms with Crippen LogP contribution in [0.4, 0.5) is 0 Å². The predicted molar refractivity (Wildman–Crippen MR) is 292 cm³/mol. The minimum Gasteiger partial charge on any atom is -0.872 e. The first kappa shape index (κ1) is 69.1. The van der Waals surface area contributed by atoms with Crippen LogP contribution < -0.4 is 30.5 Å². The van der Waals surface area contributed by atoms with Gasteiger partial charge < -0.3 is 81.5 Å². The van der Waals surface area contributed by atoms with Crippen molar-refractivity contribution in [2.75, 3.05) is 124 Å². The largest absolute Gasteiger partial charge is 0.872 e. The zero-order valence-electron chi connectivity index (χ0n) is 44.4. The summed E-state index contributed by atoms with van der Waals surface area (Å²) in [6.07, 6.45) is 7.56. The Hall–Kier alpha value is -3.43. The summed E-state index contributed by atoms with van der Waals surface area (Å²) in [4.78, 5) is 73.4. The number of hydrogen-bond donors (Lipinski definition) is 3. The number of amides is 1. The van der Waals surface area contributed by atoms with Crippen LogP contribution in [0.25, 0.3) is 33.4 Å². The summed E-state index contributed by atoms with van der Waals surface area (Å²) >= 11 is 0. The Kier molecular flexibility index (Phi) is 34.5. The van der Waals surface area contributed by atoms with Crippen LogP contribution in [-0.2, 0) is 60.0 Å². The number of aliphatic hydroxyl groups is 1. The van der Waals surface area contributed by atoms with E-state index in [1.54, 1.807) is 0 Å². The van der Waals surface area contributed by atoms with E-state index in [0.29, 0.717) is 49.0 Å². The maximum Gasteiger partial charge on any atom is 0.488 e. The zero-order valence-corrected chi connectivity index (χ0v) is 48.7. The summed E-state index contributed by atoms with van der Waals surface area (Å²) in [6.45, 7) is 1.03. The van der Waals surface area contributed by atoms with E-state index in [-0.39, 0.29) is 138 Å². The molecule has 0 radical (unpaired) electrons. The molecule has 0 aromatic heterocycles. The summed E-state index contributed by atoms with van der Waals surface area (Å²) in [5.74, 6) is -0.687. The second-order valence-electron chi connectivity index (χ2n) is 17.6. The average Bonchev–Trinajstić information content (AvgIpc) is 3.62. The van der Waals surface area contributed by atoms with Crippen LogP contribution in [0.5, 0.6) is 5.75 Å². The fraction of sp³-hybridized carbons (Fsp3) is 0.588. The highest BCUT2D eigenvalue weighted by molar-refractivity contribution is 8.76. The van der Waals surface area contributed by atoms with Gasteiger partial charge in [-0.3, -0.25) is 18.7 Å². The zero-order chi connectivity index (χ0) is 57.9. The first-order valence-electron chi connectivity index (χ1n) is 26.1. The molecule has 0 saturated carbocycles. The Bertz CT molecular complexity index is 2580. The molecule has 1 amide bonds. The van der Waals surface area contributed by atoms with Gasteiger partial charge in [-0.2, -0.15) is 0 Å². The van der Waals surface area contributed by atoms with Crippen molar-refractivity contribution >= 4 is 68.3 Å². The Balaban J connectivity index is 0.985. The van der Waals surface area contributed by atoms with Crippen LogP contribution in [0.3, 0.4) is 0 Å². The Morgan fingerprint density at radius 1 is 0.650 bits per heavy atom. The van der Waals surface area contributed by atoms with E-state index < -0.39 is 48.3 Å². The SMILES string of the molecule is O=C(NCCCCC(CO[P+](=O)[O-])COP(=O)([O-])OCCOCCOCCOCCOCCOCCOP(=O)([O-])OCCCCCCSSCCCCCO)c1ccc(-c2c3ccc(=O)cc-3oc3cc([O-])ccc23)c(C(=O)O)c1. The van der Waals surface area contributed by atoms with Crippen molar-refractivity contribution in [1.29, 1.82) is 0 Å². The number of ether oxygens (including phenoxy) is 5. The molecule has 2 aromatic carbocycles. The Morgan fingerprint density at radius 2 is 1.21 bits per heavy atom. The van der Waals surface area contributed by atoms with E-state index in [1.165, 1.54) is 54.6 Å². The average molecular weight is 1220 g/mol. The number of carboxylic acid groups (broad SMARTS) is 1. The van der Waals surface area contributed by atoms with Crippen molar-refractivity contribution in [2.24, 2.45) is 5.92 Å². The molecular weight excluding hydrogens is 1150 g/mol. The number of fused-ring (bicyclic) bond motifs is 2. The smallest absolute Gasteiger partial charge is 0.488 e. The lowest BCUT2D eigenvalue weighted by Gasteiger charge is -2.25. The van der Waals surface area contributed by atoms with Crippen LogP contribution in [0.1, 0.15) is 84.9 Å². The number of carboxylic acids is 1. The third-order valence-electron chi connectivity index (χ3n) is 11.4. The number of aliphatic hydroxyl groups excluding tert-OH is 1. The minimum absolute atomic E-state index is 0.0378. The highest BCUT2D eigenvalue weighted by atomic mass is 33.1. The maximum atomic E-state index is 13.2. The van der Waals surface area contributed by atoms with Gasteiger partial charge in [-0.25, -0.2) is 4.79 Å². The minimum atomic E-state index is -4.82. The van der Waals surface area contributed by atoms with E-state index >= 15 is 0 Å². The van der Waals surface area contributed by atoms with E-state index in [1.807, 2.05) is 21.6 Å². The third kappa shape index (κ3) is 28.7. The van der Waals surface area contributed by atoms with Crippen molar-refractivity contribution in [3.8, 4) is 28.2 Å². The molecular formula is C51H71NO23P3S2-3. The summed E-state index contributed by atoms with van der Waals surface area (Å²) in [5, 5.41) is 34.3. The Morgan fingerprint density at radius 3 is 1.81 bits per heavy atom. The van der Waals surface area contributed by atoms with E-state index in [9.17, 15) is 53.0 Å². The maximum absolute atomic E-state index is 13.2. The van der Waals surface area contributed by atoms with Crippen LogP contribution in [0.15, 0.2) is 63.8 Å². The number of benzene rings is 3. The molecule has 4 rings (SSSR count). The monoisotopic (exact) mass is 1220 g/mol. The first-order valence-corrected chi connectivity index (χ1v) is 32.6. The highest BCUT2D eigenvalue weighted by Gasteiger charge is 2.24. The molecule has 1 heterocycles. The second kappa shape index (κ2) is 39.9. The van der Waals surface area contributed by atoms with Gasteiger partial charge in [0.25, 0.3) is 21.6 Å². The van der Waals surface area contributed by atoms with Crippen molar-refractivity contribution in [3.05, 3.63) is 75.9 Å². The normalized spacial score (nSPS) is 13.8. The molecule has 1 aliphatic heterocycles. The number of aromatic carboxylic acids is 1. The molecule has 0 spiro atoms. The van der Waals surface area contributed by atoms with Gasteiger partial charge in [-0.15, -0.1) is 10.3 Å². The van der Waals surface area contributed by atoms with Crippen LogP contribution in [0.2, 0.25) is 0 Å². The summed E-state index contributed by atoms with van der Waals surface area (Å²) in [5.41, 5.74) is 0.639. The van der Waals surface area contributed by atoms with Crippen LogP contribution in [0, 0.1) is 5.92 Å². The van der Waals surface area contributed by atoms with Gasteiger partial charge in [0.15, 0.2) is 5.43 Å². The van der Waals surface area contributed by atoms with Gasteiger partial charge in [-0.05, 0) is 79.0 Å². The van der Waals surface area contributed by atoms with Gasteiger partial charge in [0.2, 0.25) is 0 Å². The van der Waals surface area contributed by atoms with Crippen molar-refractivity contribution in [3.63, 3.8) is 0 Å². The molecule has 80 heavy (non-hydrogen) atoms. The second-order valence-corrected chi connectivity index (χ2v) is 23.8. The van der Waals surface area contributed by atoms with Crippen LogP contribution >= 0.6 is 45.5 Å². The molecule has 29 heteroatoms. The van der Waals surface area contributed by atoms with Gasteiger partial charge in [0.05, 0.1) is 98.1 Å². The molecule has 3 N–H and O–H groups in total. The number of phosphoric acid groups is 2. The van der Waals surface area contributed by atoms with Crippen molar-refractivity contribution in [2.45, 2.75) is 64.2 Å². The standard InChI is InChI=1S/C51H74NO23P3S2/c53-18-6-3-9-33-80-79-32-8-2-1-7-19-71-77(61,62)72-30-28-68-26-24-66-22-20-65-21-23-67-25-27-69-29-31-73-78(63,64)74-38-39(37-70-76(59)60)10-4-5-17-52-50(56)40-11-14-43(46(34-40)51(57)58)49-44-15-12-41(54)35-47(44)75-48-36-42(55)13-16-45(48)49/h11-16,34-36,39,53-54H,1-10,17-33,37-38H2,(H,52,56)(H,57,58)(H,61,62)(H,63,64)/p-3. The lowest BCUT2D eigenvalue weighted by molar-refractivity contribution is -0.268. The lowest BCUT2D eigenvalue weighted by Crippen LogP contribution is -2.25. The number of rotatable bonds is 48. The topological polar surface area (TPSA) is 353 Å². The summed E-state index contributed by atoms with van der Waals surface area (Å²) < 4.78 is 92.5.